The van der Waals surface area contributed by atoms with Gasteiger partial charge in [-0.05, 0) is 89.0 Å². The maximum atomic E-state index is 15.1. The lowest BCUT2D eigenvalue weighted by molar-refractivity contribution is -0.942. The van der Waals surface area contributed by atoms with Crippen molar-refractivity contribution in [3.63, 3.8) is 0 Å². The molecule has 8 amide bonds. The summed E-state index contributed by atoms with van der Waals surface area (Å²) in [7, 11) is 3.60. The summed E-state index contributed by atoms with van der Waals surface area (Å²) in [4.78, 5) is 140. The van der Waals surface area contributed by atoms with Gasteiger partial charge < -0.3 is 80.4 Å². The van der Waals surface area contributed by atoms with Gasteiger partial charge in [0.2, 0.25) is 24.0 Å². The quantitative estimate of drug-likeness (QED) is 0.0314. The van der Waals surface area contributed by atoms with Crippen molar-refractivity contribution in [1.29, 1.82) is 0 Å². The Labute approximate surface area is 557 Å². The Morgan fingerprint density at radius 1 is 0.874 bits per heavy atom. The van der Waals surface area contributed by atoms with Crippen molar-refractivity contribution in [3.05, 3.63) is 87.9 Å². The molecule has 3 aliphatic rings. The first-order valence-corrected chi connectivity index (χ1v) is 33.0. The number of aromatic nitrogens is 1. The minimum absolute atomic E-state index is 0.0598. The molecule has 4 heterocycles. The molecular weight excluding hydrogens is 1250 g/mol. The molecule has 0 saturated carbocycles. The van der Waals surface area contributed by atoms with Crippen molar-refractivity contribution in [2.45, 2.75) is 193 Å². The van der Waals surface area contributed by atoms with Gasteiger partial charge in [-0.1, -0.05) is 71.4 Å². The lowest BCUT2D eigenvalue weighted by Gasteiger charge is -2.44. The number of hydrogen-bond donors (Lipinski definition) is 10. The van der Waals surface area contributed by atoms with Crippen LogP contribution in [-0.2, 0) is 65.5 Å². The minimum atomic E-state index is -2.04. The third kappa shape index (κ3) is 20.8. The number of benzene rings is 2. The molecule has 28 nitrogen and oxygen atoms in total. The summed E-state index contributed by atoms with van der Waals surface area (Å²) in [5, 5.41) is 67.4. The van der Waals surface area contributed by atoms with Gasteiger partial charge in [0, 0.05) is 74.6 Å². The van der Waals surface area contributed by atoms with Gasteiger partial charge >= 0.3 is 18.0 Å². The molecule has 0 aliphatic carbocycles. The number of likely N-dealkylation sites (tertiary alicyclic amines) is 1. The van der Waals surface area contributed by atoms with Crippen LogP contribution < -0.4 is 31.3 Å². The van der Waals surface area contributed by atoms with E-state index in [9.17, 15) is 68.7 Å². The predicted octanol–water partition coefficient (Wildman–Crippen LogP) is 3.81. The highest BCUT2D eigenvalue weighted by Gasteiger charge is 2.49. The Morgan fingerprint density at radius 2 is 1.56 bits per heavy atom. The zero-order chi connectivity index (χ0) is 70.2. The van der Waals surface area contributed by atoms with E-state index >= 15 is 4.79 Å². The van der Waals surface area contributed by atoms with Crippen molar-refractivity contribution in [1.82, 2.24) is 36.1 Å². The number of nitrogens with one attached hydrogen (secondary N) is 5. The molecule has 2 saturated heterocycles. The molecule has 14 atom stereocenters. The minimum Gasteiger partial charge on any atom is -0.481 e. The Kier molecular flexibility index (Phi) is 27.3. The van der Waals surface area contributed by atoms with Crippen LogP contribution in [0.1, 0.15) is 140 Å². The molecule has 0 radical (unpaired) electrons. The van der Waals surface area contributed by atoms with Crippen LogP contribution in [0, 0.1) is 17.8 Å². The number of piperidine rings is 1. The molecule has 3 aromatic rings. The van der Waals surface area contributed by atoms with Crippen LogP contribution in [0.15, 0.2) is 66.1 Å². The Morgan fingerprint density at radius 3 is 2.18 bits per heavy atom. The van der Waals surface area contributed by atoms with Crippen LogP contribution in [0.4, 0.5) is 10.5 Å². The maximum absolute atomic E-state index is 15.1. The number of ether oxygens (including phenoxy) is 4. The molecule has 10 N–H and O–H groups in total. The fourth-order valence-corrected chi connectivity index (χ4v) is 12.7. The van der Waals surface area contributed by atoms with E-state index < -0.39 is 139 Å². The van der Waals surface area contributed by atoms with Gasteiger partial charge in [-0.3, -0.25) is 43.3 Å². The monoisotopic (exact) mass is 1350 g/mol. The summed E-state index contributed by atoms with van der Waals surface area (Å²) in [6.07, 6.45) is -6.78. The number of rotatable bonds is 32. The molecule has 1 unspecified atom stereocenters. The molecule has 1 aromatic heterocycles. The van der Waals surface area contributed by atoms with Gasteiger partial charge in [0.05, 0.1) is 31.7 Å². The number of alkyl carbamates (subject to hydrolysis) is 1. The van der Waals surface area contributed by atoms with Crippen LogP contribution in [0.5, 0.6) is 5.75 Å². The number of imide groups is 1. The summed E-state index contributed by atoms with van der Waals surface area (Å²) in [6.45, 7) is 16.1. The number of carbonyl (C=O) groups excluding carboxylic acids is 8. The molecule has 0 bridgehead atoms. The Balaban J connectivity index is 1.20. The highest BCUT2D eigenvalue weighted by molar-refractivity contribution is 7.09. The second-order valence-corrected chi connectivity index (χ2v) is 27.0. The largest absolute Gasteiger partial charge is 0.481 e. The number of quaternary nitrogens is 1. The maximum Gasteiger partial charge on any atom is 0.407 e. The normalized spacial score (nSPS) is 22.7. The van der Waals surface area contributed by atoms with E-state index in [0.717, 1.165) is 24.1 Å². The lowest BCUT2D eigenvalue weighted by Crippen LogP contribution is -2.63. The number of aliphatic hydroxyl groups excluding tert-OH is 3. The van der Waals surface area contributed by atoms with Crippen LogP contribution >= 0.6 is 11.3 Å². The highest BCUT2D eigenvalue weighted by Crippen LogP contribution is 2.36. The fraction of sp³-hybridized carbons (Fsp3) is 0.591. The third-order valence-corrected chi connectivity index (χ3v) is 18.2. The van der Waals surface area contributed by atoms with Crippen molar-refractivity contribution in [2.24, 2.45) is 17.8 Å². The second-order valence-electron chi connectivity index (χ2n) is 26.1. The number of thiazole rings is 1. The van der Waals surface area contributed by atoms with E-state index in [1.165, 1.54) is 23.5 Å². The van der Waals surface area contributed by atoms with E-state index in [4.69, 9.17) is 23.9 Å². The van der Waals surface area contributed by atoms with Gasteiger partial charge in [0.25, 0.3) is 23.6 Å². The van der Waals surface area contributed by atoms with Gasteiger partial charge in [-0.15, -0.1) is 11.3 Å². The average molecular weight is 1350 g/mol. The SMILES string of the molecule is CCO[C@H](C[C@H](C(C)C)N(C)C(=O)[C@@H](NC(=O)[C@H]1CCCC[N+]1(C)Cc1ccc(O[C@@H]2O[C@H](C(=O)O)[C@@H](O)[C@@H](O)[C@@H]2O)c(NC(=O)CCNC(=O)[C@H](CNC(=O)OC(C)(C)C)N2C(=O)C=CC2=O)c1)[C@@H](C)CC)c1nc(C(=O)N[C@@H](Cc2ccccc2)C[C@H](C)C(=O)O)cs1. The number of nitrogens with zero attached hydrogens (tertiary/aromatic N) is 4. The Hall–Kier alpha value is -7.93. The van der Waals surface area contributed by atoms with Gasteiger partial charge in [0.15, 0.2) is 12.1 Å². The van der Waals surface area contributed by atoms with Crippen LogP contribution in [-0.4, -0.2) is 211 Å². The summed E-state index contributed by atoms with van der Waals surface area (Å²) < 4.78 is 23.0. The molecule has 29 heteroatoms. The van der Waals surface area contributed by atoms with E-state index in [-0.39, 0.29) is 64.8 Å². The molecule has 522 valence electrons. The number of anilines is 1. The van der Waals surface area contributed by atoms with Crippen molar-refractivity contribution >= 4 is 76.4 Å². The van der Waals surface area contributed by atoms with E-state index in [1.807, 2.05) is 72.0 Å². The zero-order valence-corrected chi connectivity index (χ0v) is 56.6. The fourth-order valence-electron chi connectivity index (χ4n) is 11.9. The molecule has 2 aromatic carbocycles. The average Bonchev–Trinajstić information content (AvgIpc) is 1.26. The first kappa shape index (κ1) is 76.1. The summed E-state index contributed by atoms with van der Waals surface area (Å²) >= 11 is 1.24. The van der Waals surface area contributed by atoms with E-state index in [2.05, 4.69) is 26.6 Å². The number of carbonyl (C=O) groups is 10. The topological polar surface area (TPSA) is 388 Å². The summed E-state index contributed by atoms with van der Waals surface area (Å²) in [6, 6.07) is 9.84. The zero-order valence-electron chi connectivity index (χ0n) is 55.8. The number of aliphatic hydroxyl groups is 3. The van der Waals surface area contributed by atoms with Crippen molar-refractivity contribution in [2.75, 3.05) is 45.7 Å². The number of likely N-dealkylation sites (N-methyl/N-ethyl adjacent to an activating group) is 2. The molecule has 95 heavy (non-hydrogen) atoms. The smallest absolute Gasteiger partial charge is 0.407 e. The molecule has 6 rings (SSSR count). The highest BCUT2D eigenvalue weighted by atomic mass is 32.1. The first-order valence-electron chi connectivity index (χ1n) is 32.1. The number of aliphatic carboxylic acids is 2. The van der Waals surface area contributed by atoms with E-state index in [1.54, 1.807) is 51.1 Å². The second kappa shape index (κ2) is 34.1. The van der Waals surface area contributed by atoms with Crippen LogP contribution in [0.25, 0.3) is 0 Å². The molecule has 0 spiro atoms. The predicted molar refractivity (Wildman–Crippen MR) is 346 cm³/mol. The Bertz CT molecular complexity index is 3220. The third-order valence-electron chi connectivity index (χ3n) is 17.3. The summed E-state index contributed by atoms with van der Waals surface area (Å²) in [5.41, 5.74) is 0.649. The van der Waals surface area contributed by atoms with Crippen LogP contribution in [0.2, 0.25) is 0 Å². The molecule has 3 aliphatic heterocycles. The molecular formula is C66H94N9O19S+. The van der Waals surface area contributed by atoms with Crippen molar-refractivity contribution in [3.8, 4) is 5.75 Å². The number of carboxylic acids is 2. The van der Waals surface area contributed by atoms with Gasteiger partial charge in [0.1, 0.15) is 65.1 Å². The number of carboxylic acid groups (broad SMARTS) is 2. The standard InChI is InChI=1S/C66H93N9O19S/c1-12-37(5)52(61(85)73(10)44(36(3)4)32-48(91-13-2)60-71-43(35-95-60)57(82)69-41(29-38(6)62(86)87)30-39-19-15-14-16-20-39)72-59(84)46-21-17-18-28-75(46,11)34-40-22-23-47(92-64-55(81)53(79)54(80)56(93-64)63(88)89)42(31-40)70-49(76)26-27-67-58(83)45(74-50(77)24-25-51(74)78)33-68-65(90)94-66(7,8)9/h14-16,19-20,22-25,31,35-38,41,44-46,48,52-56,64,79-81H,12-13,17-18,21,26-30,32-34H2,1-11H3,(H6-,67,68,69,70,72,76,82,83,84,86,87,88,89,90)/p+1/t37-,38-,41+,44+,45-,46+,48+,52-,53+,54-,55-,56-,64+,75?/m0/s1. The number of hydrogen-bond acceptors (Lipinski definition) is 19. The van der Waals surface area contributed by atoms with Crippen LogP contribution in [0.3, 0.4) is 0 Å². The first-order chi connectivity index (χ1) is 44.7. The van der Waals surface area contributed by atoms with Crippen molar-refractivity contribution < 1.29 is 96.9 Å². The lowest BCUT2D eigenvalue weighted by atomic mass is 9.92. The molecule has 2 fully saturated rings. The van der Waals surface area contributed by atoms with E-state index in [0.29, 0.717) is 60.7 Å². The van der Waals surface area contributed by atoms with Gasteiger partial charge in [-0.25, -0.2) is 14.6 Å². The summed E-state index contributed by atoms with van der Waals surface area (Å²) in [5.74, 6) is -8.43. The van der Waals surface area contributed by atoms with Gasteiger partial charge in [-0.2, -0.15) is 0 Å². The number of amides is 8.